The third-order valence-corrected chi connectivity index (χ3v) is 4.28. The van der Waals surface area contributed by atoms with Gasteiger partial charge in [-0.2, -0.15) is 0 Å². The number of benzene rings is 1. The summed E-state index contributed by atoms with van der Waals surface area (Å²) in [4.78, 5) is 27.1. The van der Waals surface area contributed by atoms with Crippen LogP contribution in [0.2, 0.25) is 0 Å². The van der Waals surface area contributed by atoms with Crippen molar-refractivity contribution in [3.8, 4) is 0 Å². The lowest BCUT2D eigenvalue weighted by atomic mass is 10.0. The Bertz CT molecular complexity index is 735. The lowest BCUT2D eigenvalue weighted by Crippen LogP contribution is -2.49. The number of rotatable bonds is 4. The molecular weight excluding hydrogens is 306 g/mol. The number of ether oxygens (including phenoxy) is 1. The van der Waals surface area contributed by atoms with Gasteiger partial charge < -0.3 is 14.1 Å². The fraction of sp³-hybridized carbons (Fsp3) is 0.368. The van der Waals surface area contributed by atoms with Crippen molar-refractivity contribution >= 4 is 11.7 Å². The Hall–Kier alpha value is -2.40. The quantitative estimate of drug-likeness (QED) is 0.810. The Morgan fingerprint density at radius 3 is 2.62 bits per heavy atom. The zero-order valence-electron chi connectivity index (χ0n) is 14.0. The summed E-state index contributed by atoms with van der Waals surface area (Å²) in [5.41, 5.74) is 1.22. The van der Waals surface area contributed by atoms with E-state index in [1.54, 1.807) is 30.0 Å². The monoisotopic (exact) mass is 327 g/mol. The highest BCUT2D eigenvalue weighted by atomic mass is 16.5. The molecule has 1 aromatic carbocycles. The average Bonchev–Trinajstić information content (AvgIpc) is 2.94. The number of morpholine rings is 1. The molecule has 1 aliphatic rings. The molecule has 1 aliphatic heterocycles. The van der Waals surface area contributed by atoms with Gasteiger partial charge in [0.15, 0.2) is 5.78 Å². The lowest BCUT2D eigenvalue weighted by molar-refractivity contribution is -0.00289. The maximum atomic E-state index is 12.9. The van der Waals surface area contributed by atoms with Crippen molar-refractivity contribution in [2.45, 2.75) is 26.3 Å². The van der Waals surface area contributed by atoms with Crippen LogP contribution in [0.3, 0.4) is 0 Å². The molecule has 1 saturated heterocycles. The zero-order valence-corrected chi connectivity index (χ0v) is 14.0. The van der Waals surface area contributed by atoms with Crippen LogP contribution >= 0.6 is 0 Å². The first kappa shape index (κ1) is 16.5. The van der Waals surface area contributed by atoms with Crippen molar-refractivity contribution in [3.63, 3.8) is 0 Å². The molecule has 1 aromatic heterocycles. The minimum Gasteiger partial charge on any atom is -0.466 e. The average molecular weight is 327 g/mol. The topological polar surface area (TPSA) is 59.8 Å². The van der Waals surface area contributed by atoms with Crippen molar-refractivity contribution in [2.24, 2.45) is 0 Å². The molecule has 0 radical (unpaired) electrons. The van der Waals surface area contributed by atoms with Crippen molar-refractivity contribution in [1.29, 1.82) is 0 Å². The molecule has 5 heteroatoms. The SMILES string of the molecule is Cc1cc(C(=O)N2CCOC[C@@H]2CC(=O)c2ccccc2)c(C)o1. The molecule has 0 bridgehead atoms. The number of hydrogen-bond acceptors (Lipinski definition) is 4. The normalized spacial score (nSPS) is 17.8. The van der Waals surface area contributed by atoms with Gasteiger partial charge in [0.05, 0.1) is 24.8 Å². The first-order valence-electron chi connectivity index (χ1n) is 8.10. The molecule has 1 atom stereocenters. The number of Topliss-reactive ketones (excluding diaryl/α,β-unsaturated/α-hetero) is 1. The number of carbonyl (C=O) groups excluding carboxylic acids is 2. The molecule has 3 rings (SSSR count). The maximum absolute atomic E-state index is 12.9. The van der Waals surface area contributed by atoms with Gasteiger partial charge in [-0.15, -0.1) is 0 Å². The number of hydrogen-bond donors (Lipinski definition) is 0. The summed E-state index contributed by atoms with van der Waals surface area (Å²) in [5, 5.41) is 0. The van der Waals surface area contributed by atoms with Crippen LogP contribution in [0.15, 0.2) is 40.8 Å². The molecule has 2 heterocycles. The van der Waals surface area contributed by atoms with Crippen LogP contribution < -0.4 is 0 Å². The second-order valence-corrected chi connectivity index (χ2v) is 6.05. The van der Waals surface area contributed by atoms with Gasteiger partial charge in [-0.05, 0) is 19.9 Å². The molecule has 5 nitrogen and oxygen atoms in total. The van der Waals surface area contributed by atoms with E-state index in [1.165, 1.54) is 0 Å². The van der Waals surface area contributed by atoms with Gasteiger partial charge >= 0.3 is 0 Å². The Morgan fingerprint density at radius 1 is 1.21 bits per heavy atom. The van der Waals surface area contributed by atoms with Gasteiger partial charge in [0.25, 0.3) is 5.91 Å². The van der Waals surface area contributed by atoms with Crippen LogP contribution in [0, 0.1) is 13.8 Å². The third kappa shape index (κ3) is 3.41. The summed E-state index contributed by atoms with van der Waals surface area (Å²) in [6.07, 6.45) is 0.256. The smallest absolute Gasteiger partial charge is 0.257 e. The van der Waals surface area contributed by atoms with E-state index in [4.69, 9.17) is 9.15 Å². The molecule has 0 spiro atoms. The highest BCUT2D eigenvalue weighted by Gasteiger charge is 2.31. The largest absolute Gasteiger partial charge is 0.466 e. The number of furan rings is 1. The summed E-state index contributed by atoms with van der Waals surface area (Å²) in [5.74, 6) is 1.24. The van der Waals surface area contributed by atoms with E-state index < -0.39 is 0 Å². The van der Waals surface area contributed by atoms with Crippen molar-refractivity contribution in [3.05, 3.63) is 59.0 Å². The fourth-order valence-electron chi connectivity index (χ4n) is 3.05. The fourth-order valence-corrected chi connectivity index (χ4v) is 3.05. The first-order chi connectivity index (χ1) is 11.6. The highest BCUT2D eigenvalue weighted by molar-refractivity contribution is 5.98. The van der Waals surface area contributed by atoms with E-state index in [0.29, 0.717) is 42.4 Å². The summed E-state index contributed by atoms with van der Waals surface area (Å²) in [7, 11) is 0. The number of carbonyl (C=O) groups is 2. The van der Waals surface area contributed by atoms with Crippen LogP contribution in [0.1, 0.15) is 38.7 Å². The minimum absolute atomic E-state index is 0.0176. The molecule has 1 fully saturated rings. The van der Waals surface area contributed by atoms with Crippen molar-refractivity contribution in [1.82, 2.24) is 4.90 Å². The number of aryl methyl sites for hydroxylation is 2. The van der Waals surface area contributed by atoms with Crippen LogP contribution in [0.5, 0.6) is 0 Å². The molecule has 0 saturated carbocycles. The lowest BCUT2D eigenvalue weighted by Gasteiger charge is -2.35. The summed E-state index contributed by atoms with van der Waals surface area (Å²) in [6.45, 7) is 4.94. The van der Waals surface area contributed by atoms with Crippen molar-refractivity contribution in [2.75, 3.05) is 19.8 Å². The van der Waals surface area contributed by atoms with Crippen LogP contribution in [-0.4, -0.2) is 42.4 Å². The summed E-state index contributed by atoms with van der Waals surface area (Å²) < 4.78 is 11.0. The third-order valence-electron chi connectivity index (χ3n) is 4.28. The van der Waals surface area contributed by atoms with Crippen molar-refractivity contribution < 1.29 is 18.7 Å². The minimum atomic E-state index is -0.256. The second kappa shape index (κ2) is 7.01. The van der Waals surface area contributed by atoms with E-state index in [1.807, 2.05) is 25.1 Å². The second-order valence-electron chi connectivity index (χ2n) is 6.05. The molecule has 126 valence electrons. The van der Waals surface area contributed by atoms with Gasteiger partial charge in [-0.3, -0.25) is 9.59 Å². The number of nitrogens with zero attached hydrogens (tertiary/aromatic N) is 1. The molecule has 1 amide bonds. The van der Waals surface area contributed by atoms with Crippen LogP contribution in [-0.2, 0) is 4.74 Å². The molecule has 0 aliphatic carbocycles. The summed E-state index contributed by atoms with van der Waals surface area (Å²) in [6, 6.07) is 10.6. The summed E-state index contributed by atoms with van der Waals surface area (Å²) >= 11 is 0. The molecule has 2 aromatic rings. The van der Waals surface area contributed by atoms with Gasteiger partial charge in [0.1, 0.15) is 11.5 Å². The highest BCUT2D eigenvalue weighted by Crippen LogP contribution is 2.21. The predicted octanol–water partition coefficient (Wildman–Crippen LogP) is 3.01. The Morgan fingerprint density at radius 2 is 1.96 bits per heavy atom. The standard InChI is InChI=1S/C19H21NO4/c1-13-10-17(14(2)24-13)19(22)20-8-9-23-12-16(20)11-18(21)15-6-4-3-5-7-15/h3-7,10,16H,8-9,11-12H2,1-2H3/t16-/m0/s1. The Kier molecular flexibility index (Phi) is 4.81. The number of amides is 1. The zero-order chi connectivity index (χ0) is 17.1. The molecule has 24 heavy (non-hydrogen) atoms. The van der Waals surface area contributed by atoms with E-state index in [-0.39, 0.29) is 24.2 Å². The van der Waals surface area contributed by atoms with Gasteiger partial charge in [-0.1, -0.05) is 30.3 Å². The molecular formula is C19H21NO4. The van der Waals surface area contributed by atoms with E-state index >= 15 is 0 Å². The molecule has 0 N–H and O–H groups in total. The van der Waals surface area contributed by atoms with E-state index in [2.05, 4.69) is 0 Å². The maximum Gasteiger partial charge on any atom is 0.257 e. The number of ketones is 1. The predicted molar refractivity (Wildman–Crippen MR) is 89.2 cm³/mol. The van der Waals surface area contributed by atoms with E-state index in [9.17, 15) is 9.59 Å². The molecule has 0 unspecified atom stereocenters. The van der Waals surface area contributed by atoms with Gasteiger partial charge in [-0.25, -0.2) is 0 Å². The van der Waals surface area contributed by atoms with Gasteiger partial charge in [0, 0.05) is 18.5 Å². The first-order valence-corrected chi connectivity index (χ1v) is 8.10. The van der Waals surface area contributed by atoms with Gasteiger partial charge in [0.2, 0.25) is 0 Å². The van der Waals surface area contributed by atoms with Crippen LogP contribution in [0.25, 0.3) is 0 Å². The Labute approximate surface area is 141 Å². The van der Waals surface area contributed by atoms with Crippen LogP contribution in [0.4, 0.5) is 0 Å². The Balaban J connectivity index is 1.77. The van der Waals surface area contributed by atoms with E-state index in [0.717, 1.165) is 0 Å².